The van der Waals surface area contributed by atoms with E-state index in [-0.39, 0.29) is 5.82 Å². The van der Waals surface area contributed by atoms with Gasteiger partial charge < -0.3 is 5.32 Å². The largest absolute Gasteiger partial charge is 0.314 e. The maximum Gasteiger partial charge on any atom is 0.123 e. The third-order valence-corrected chi connectivity index (χ3v) is 5.20. The first-order chi connectivity index (χ1) is 9.71. The standard InChI is InChI=1S/C17H25FN2/c1-14(15-5-7-16(18)8-6-15)20-12-11-19-13-17(20)9-3-2-4-10-17/h5-8,14,19H,2-4,9-13H2,1H3. The summed E-state index contributed by atoms with van der Waals surface area (Å²) in [5.41, 5.74) is 1.56. The molecule has 1 aliphatic carbocycles. The van der Waals surface area contributed by atoms with Crippen LogP contribution < -0.4 is 5.32 Å². The molecule has 1 atom stereocenters. The number of hydrogen-bond donors (Lipinski definition) is 1. The number of nitrogens with one attached hydrogen (secondary N) is 1. The molecule has 0 bridgehead atoms. The van der Waals surface area contributed by atoms with Crippen LogP contribution in [0.5, 0.6) is 0 Å². The van der Waals surface area contributed by atoms with Gasteiger partial charge in [0, 0.05) is 31.2 Å². The normalized spacial score (nSPS) is 24.7. The molecular weight excluding hydrogens is 251 g/mol. The van der Waals surface area contributed by atoms with Gasteiger partial charge >= 0.3 is 0 Å². The molecule has 1 aromatic carbocycles. The van der Waals surface area contributed by atoms with Crippen molar-refractivity contribution in [3.05, 3.63) is 35.6 Å². The first kappa shape index (κ1) is 14.0. The quantitative estimate of drug-likeness (QED) is 0.889. The maximum absolute atomic E-state index is 13.1. The smallest absolute Gasteiger partial charge is 0.123 e. The highest BCUT2D eigenvalue weighted by molar-refractivity contribution is 5.20. The van der Waals surface area contributed by atoms with Crippen LogP contribution in [0.1, 0.15) is 50.6 Å². The molecule has 1 heterocycles. The third kappa shape index (κ3) is 2.61. The van der Waals surface area contributed by atoms with Crippen LogP contribution in [-0.2, 0) is 0 Å². The lowest BCUT2D eigenvalue weighted by molar-refractivity contribution is -0.00280. The summed E-state index contributed by atoms with van der Waals surface area (Å²) in [6.07, 6.45) is 6.65. The molecule has 2 fully saturated rings. The van der Waals surface area contributed by atoms with Crippen LogP contribution in [0.4, 0.5) is 4.39 Å². The fourth-order valence-electron chi connectivity index (χ4n) is 4.06. The number of rotatable bonds is 2. The van der Waals surface area contributed by atoms with Gasteiger partial charge in [0.05, 0.1) is 0 Å². The lowest BCUT2D eigenvalue weighted by atomic mass is 9.78. The van der Waals surface area contributed by atoms with E-state index in [4.69, 9.17) is 0 Å². The van der Waals surface area contributed by atoms with Crippen LogP contribution in [0, 0.1) is 5.82 Å². The summed E-state index contributed by atoms with van der Waals surface area (Å²) in [5, 5.41) is 3.59. The van der Waals surface area contributed by atoms with E-state index in [9.17, 15) is 4.39 Å². The molecule has 0 radical (unpaired) electrons. The van der Waals surface area contributed by atoms with Crippen LogP contribution in [-0.4, -0.2) is 30.1 Å². The predicted molar refractivity (Wildman–Crippen MR) is 80.2 cm³/mol. The highest BCUT2D eigenvalue weighted by atomic mass is 19.1. The monoisotopic (exact) mass is 276 g/mol. The molecule has 0 aromatic heterocycles. The van der Waals surface area contributed by atoms with Gasteiger partial charge in [-0.2, -0.15) is 0 Å². The van der Waals surface area contributed by atoms with E-state index in [1.165, 1.54) is 37.7 Å². The number of benzene rings is 1. The van der Waals surface area contributed by atoms with Crippen molar-refractivity contribution in [2.24, 2.45) is 0 Å². The topological polar surface area (TPSA) is 15.3 Å². The molecule has 2 aliphatic rings. The second-order valence-electron chi connectivity index (χ2n) is 6.38. The summed E-state index contributed by atoms with van der Waals surface area (Å²) in [5.74, 6) is -0.145. The highest BCUT2D eigenvalue weighted by Gasteiger charge is 2.41. The molecule has 1 saturated heterocycles. The summed E-state index contributed by atoms with van der Waals surface area (Å²) in [6, 6.07) is 7.43. The Hall–Kier alpha value is -0.930. The Bertz CT molecular complexity index is 429. The van der Waals surface area contributed by atoms with Crippen LogP contribution >= 0.6 is 0 Å². The number of halogens is 1. The average Bonchev–Trinajstić information content (AvgIpc) is 2.49. The van der Waals surface area contributed by atoms with Crippen molar-refractivity contribution in [1.29, 1.82) is 0 Å². The lowest BCUT2D eigenvalue weighted by Crippen LogP contribution is -2.62. The fraction of sp³-hybridized carbons (Fsp3) is 0.647. The summed E-state index contributed by atoms with van der Waals surface area (Å²) in [6.45, 7) is 5.54. The van der Waals surface area contributed by atoms with E-state index in [2.05, 4.69) is 17.1 Å². The van der Waals surface area contributed by atoms with Crippen LogP contribution in [0.2, 0.25) is 0 Å². The van der Waals surface area contributed by atoms with Crippen molar-refractivity contribution >= 4 is 0 Å². The molecule has 1 unspecified atom stereocenters. The number of piperazine rings is 1. The number of nitrogens with zero attached hydrogens (tertiary/aromatic N) is 1. The van der Waals surface area contributed by atoms with Gasteiger partial charge in [0.1, 0.15) is 5.82 Å². The second kappa shape index (κ2) is 5.82. The molecule has 1 spiro atoms. The van der Waals surface area contributed by atoms with Gasteiger partial charge in [-0.15, -0.1) is 0 Å². The highest BCUT2D eigenvalue weighted by Crippen LogP contribution is 2.39. The number of hydrogen-bond acceptors (Lipinski definition) is 2. The van der Waals surface area contributed by atoms with E-state index in [0.717, 1.165) is 19.6 Å². The Morgan fingerprint density at radius 2 is 1.85 bits per heavy atom. The van der Waals surface area contributed by atoms with Gasteiger partial charge in [0.25, 0.3) is 0 Å². The van der Waals surface area contributed by atoms with E-state index in [0.29, 0.717) is 11.6 Å². The molecule has 3 rings (SSSR count). The molecule has 3 heteroatoms. The van der Waals surface area contributed by atoms with Crippen molar-refractivity contribution in [2.45, 2.75) is 50.6 Å². The molecule has 1 N–H and O–H groups in total. The van der Waals surface area contributed by atoms with Crippen LogP contribution in [0.3, 0.4) is 0 Å². The molecular formula is C17H25FN2. The zero-order valence-electron chi connectivity index (χ0n) is 12.4. The summed E-state index contributed by atoms with van der Waals surface area (Å²) < 4.78 is 13.1. The maximum atomic E-state index is 13.1. The van der Waals surface area contributed by atoms with Crippen molar-refractivity contribution in [1.82, 2.24) is 10.2 Å². The predicted octanol–water partition coefficient (Wildman–Crippen LogP) is 3.49. The van der Waals surface area contributed by atoms with E-state index < -0.39 is 0 Å². The second-order valence-corrected chi connectivity index (χ2v) is 6.38. The minimum absolute atomic E-state index is 0.145. The van der Waals surface area contributed by atoms with Gasteiger partial charge in [0.2, 0.25) is 0 Å². The average molecular weight is 276 g/mol. The Morgan fingerprint density at radius 1 is 1.15 bits per heavy atom. The van der Waals surface area contributed by atoms with Crippen molar-refractivity contribution in [2.75, 3.05) is 19.6 Å². The zero-order valence-corrected chi connectivity index (χ0v) is 12.4. The molecule has 0 amide bonds. The van der Waals surface area contributed by atoms with E-state index >= 15 is 0 Å². The Balaban J connectivity index is 1.83. The van der Waals surface area contributed by atoms with Gasteiger partial charge in [0.15, 0.2) is 0 Å². The van der Waals surface area contributed by atoms with Gasteiger partial charge in [-0.05, 0) is 37.5 Å². The fourth-order valence-corrected chi connectivity index (χ4v) is 4.06. The summed E-state index contributed by atoms with van der Waals surface area (Å²) in [7, 11) is 0. The van der Waals surface area contributed by atoms with Crippen molar-refractivity contribution < 1.29 is 4.39 Å². The lowest BCUT2D eigenvalue weighted by Gasteiger charge is -2.52. The summed E-state index contributed by atoms with van der Waals surface area (Å²) >= 11 is 0. The van der Waals surface area contributed by atoms with E-state index in [1.807, 2.05) is 12.1 Å². The Labute approximate surface area is 121 Å². The first-order valence-electron chi connectivity index (χ1n) is 7.94. The van der Waals surface area contributed by atoms with Crippen LogP contribution in [0.15, 0.2) is 24.3 Å². The molecule has 1 aliphatic heterocycles. The SMILES string of the molecule is CC(c1ccc(F)cc1)N1CCNCC12CCCCC2. The van der Waals surface area contributed by atoms with Gasteiger partial charge in [-0.25, -0.2) is 4.39 Å². The Kier molecular flexibility index (Phi) is 4.08. The van der Waals surface area contributed by atoms with Gasteiger partial charge in [-0.3, -0.25) is 4.90 Å². The zero-order chi connectivity index (χ0) is 14.0. The van der Waals surface area contributed by atoms with Crippen molar-refractivity contribution in [3.8, 4) is 0 Å². The Morgan fingerprint density at radius 3 is 2.55 bits per heavy atom. The van der Waals surface area contributed by atoms with Crippen LogP contribution in [0.25, 0.3) is 0 Å². The third-order valence-electron chi connectivity index (χ3n) is 5.20. The molecule has 110 valence electrons. The minimum atomic E-state index is -0.145. The van der Waals surface area contributed by atoms with E-state index in [1.54, 1.807) is 12.1 Å². The summed E-state index contributed by atoms with van der Waals surface area (Å²) in [4.78, 5) is 2.68. The molecule has 2 nitrogen and oxygen atoms in total. The van der Waals surface area contributed by atoms with Crippen molar-refractivity contribution in [3.63, 3.8) is 0 Å². The van der Waals surface area contributed by atoms with Gasteiger partial charge in [-0.1, -0.05) is 31.4 Å². The molecule has 1 aromatic rings. The molecule has 20 heavy (non-hydrogen) atoms. The first-order valence-corrected chi connectivity index (χ1v) is 7.94. The minimum Gasteiger partial charge on any atom is -0.314 e. The molecule has 1 saturated carbocycles.